The molecule has 0 aliphatic carbocycles. The Morgan fingerprint density at radius 3 is 2.48 bits per heavy atom. The molecule has 6 heteroatoms. The highest BCUT2D eigenvalue weighted by molar-refractivity contribution is 5.80. The maximum Gasteiger partial charge on any atom is 0.123 e. The first-order valence-electron chi connectivity index (χ1n) is 9.04. The molecule has 3 heterocycles. The molecule has 136 valence electrons. The van der Waals surface area contributed by atoms with Gasteiger partial charge in [-0.3, -0.25) is 9.67 Å². The zero-order valence-corrected chi connectivity index (χ0v) is 15.1. The molecule has 5 nitrogen and oxygen atoms in total. The van der Waals surface area contributed by atoms with Gasteiger partial charge >= 0.3 is 0 Å². The molecular weight excluding hydrogens is 341 g/mol. The number of aryl methyl sites for hydroxylation is 1. The van der Waals surface area contributed by atoms with Crippen LogP contribution in [-0.2, 0) is 7.05 Å². The zero-order chi connectivity index (χ0) is 18.8. The van der Waals surface area contributed by atoms with Gasteiger partial charge in [0.05, 0.1) is 29.3 Å². The maximum absolute atomic E-state index is 13.3. The van der Waals surface area contributed by atoms with Gasteiger partial charge in [0.15, 0.2) is 0 Å². The van der Waals surface area contributed by atoms with Crippen molar-refractivity contribution in [3.63, 3.8) is 0 Å². The second-order valence-corrected chi connectivity index (χ2v) is 6.86. The average molecular weight is 361 g/mol. The molecule has 1 saturated heterocycles. The van der Waals surface area contributed by atoms with E-state index in [4.69, 9.17) is 5.26 Å². The fourth-order valence-corrected chi connectivity index (χ4v) is 3.49. The van der Waals surface area contributed by atoms with E-state index in [0.717, 1.165) is 54.1 Å². The minimum Gasteiger partial charge on any atom is -0.370 e. The molecule has 3 aromatic rings. The molecule has 1 aromatic carbocycles. The maximum atomic E-state index is 13.3. The summed E-state index contributed by atoms with van der Waals surface area (Å²) in [4.78, 5) is 6.90. The summed E-state index contributed by atoms with van der Waals surface area (Å²) in [7, 11) is 1.89. The van der Waals surface area contributed by atoms with Crippen molar-refractivity contribution in [2.75, 3.05) is 18.0 Å². The van der Waals surface area contributed by atoms with E-state index in [9.17, 15) is 4.39 Å². The largest absolute Gasteiger partial charge is 0.370 e. The number of pyridine rings is 1. The molecule has 4 rings (SSSR count). The van der Waals surface area contributed by atoms with Gasteiger partial charge in [0.25, 0.3) is 0 Å². The standard InChI is InChI=1S/C21H20FN5/c1-26-9-8-19(25-26)18-12-20(16-2-4-17(22)5-3-16)24-14-21(18)27-10-6-15(13-23)7-11-27/h2-5,8-9,12,14-15H,6-7,10-11H2,1H3. The second kappa shape index (κ2) is 7.20. The van der Waals surface area contributed by atoms with Gasteiger partial charge in [0, 0.05) is 43.4 Å². The predicted molar refractivity (Wildman–Crippen MR) is 102 cm³/mol. The first-order valence-corrected chi connectivity index (χ1v) is 9.04. The van der Waals surface area contributed by atoms with Crippen molar-refractivity contribution in [2.45, 2.75) is 12.8 Å². The number of benzene rings is 1. The smallest absolute Gasteiger partial charge is 0.123 e. The molecule has 1 aliphatic rings. The third kappa shape index (κ3) is 3.54. The lowest BCUT2D eigenvalue weighted by Gasteiger charge is -2.32. The number of anilines is 1. The molecule has 1 fully saturated rings. The summed E-state index contributed by atoms with van der Waals surface area (Å²) < 4.78 is 15.0. The summed E-state index contributed by atoms with van der Waals surface area (Å²) in [5, 5.41) is 13.7. The normalized spacial score (nSPS) is 14.9. The Morgan fingerprint density at radius 2 is 1.85 bits per heavy atom. The number of nitriles is 1. The topological polar surface area (TPSA) is 57.7 Å². The fourth-order valence-electron chi connectivity index (χ4n) is 3.49. The van der Waals surface area contributed by atoms with Crippen LogP contribution in [-0.4, -0.2) is 27.9 Å². The van der Waals surface area contributed by atoms with E-state index >= 15 is 0 Å². The van der Waals surface area contributed by atoms with Crippen molar-refractivity contribution in [1.82, 2.24) is 14.8 Å². The Morgan fingerprint density at radius 1 is 1.11 bits per heavy atom. The zero-order valence-electron chi connectivity index (χ0n) is 15.1. The number of hydrogen-bond acceptors (Lipinski definition) is 4. The predicted octanol–water partition coefficient (Wildman–Crippen LogP) is 4.03. The van der Waals surface area contributed by atoms with Gasteiger partial charge in [-0.1, -0.05) is 0 Å². The minimum atomic E-state index is -0.263. The number of halogens is 1. The number of piperidine rings is 1. The van der Waals surface area contributed by atoms with Gasteiger partial charge in [-0.05, 0) is 49.2 Å². The molecule has 2 aromatic heterocycles. The number of nitrogens with zero attached hydrogens (tertiary/aromatic N) is 5. The summed E-state index contributed by atoms with van der Waals surface area (Å²) in [6.07, 6.45) is 5.50. The number of aromatic nitrogens is 3. The number of rotatable bonds is 3. The summed E-state index contributed by atoms with van der Waals surface area (Å²) in [5.74, 6) is -0.133. The molecule has 0 unspecified atom stereocenters. The van der Waals surface area contributed by atoms with Crippen LogP contribution in [0.15, 0.2) is 48.8 Å². The second-order valence-electron chi connectivity index (χ2n) is 6.86. The Hall–Kier alpha value is -3.20. The molecule has 1 aliphatic heterocycles. The van der Waals surface area contributed by atoms with Crippen LogP contribution in [0.5, 0.6) is 0 Å². The lowest BCUT2D eigenvalue weighted by Crippen LogP contribution is -2.33. The van der Waals surface area contributed by atoms with Crippen LogP contribution in [0.1, 0.15) is 12.8 Å². The summed E-state index contributed by atoms with van der Waals surface area (Å²) in [5.41, 5.74) is 4.55. The molecule has 0 atom stereocenters. The van der Waals surface area contributed by atoms with E-state index in [0.29, 0.717) is 0 Å². The van der Waals surface area contributed by atoms with Gasteiger partial charge in [-0.15, -0.1) is 0 Å². The number of hydrogen-bond donors (Lipinski definition) is 0. The Labute approximate surface area is 157 Å². The third-order valence-corrected chi connectivity index (χ3v) is 5.03. The molecule has 0 saturated carbocycles. The minimum absolute atomic E-state index is 0.131. The van der Waals surface area contributed by atoms with E-state index in [2.05, 4.69) is 21.1 Å². The van der Waals surface area contributed by atoms with Gasteiger partial charge < -0.3 is 4.90 Å². The SMILES string of the molecule is Cn1ccc(-c2cc(-c3ccc(F)cc3)ncc2N2CCC(C#N)CC2)n1. The van der Waals surface area contributed by atoms with E-state index in [1.807, 2.05) is 31.6 Å². The summed E-state index contributed by atoms with van der Waals surface area (Å²) in [6.45, 7) is 1.66. The molecule has 0 radical (unpaired) electrons. The quantitative estimate of drug-likeness (QED) is 0.707. The first kappa shape index (κ1) is 17.2. The third-order valence-electron chi connectivity index (χ3n) is 5.03. The first-order chi connectivity index (χ1) is 13.1. The van der Waals surface area contributed by atoms with Crippen LogP contribution in [0.4, 0.5) is 10.1 Å². The summed E-state index contributed by atoms with van der Waals surface area (Å²) >= 11 is 0. The van der Waals surface area contributed by atoms with Crippen molar-refractivity contribution in [1.29, 1.82) is 5.26 Å². The van der Waals surface area contributed by atoms with Crippen LogP contribution in [0.25, 0.3) is 22.5 Å². The lowest BCUT2D eigenvalue weighted by atomic mass is 9.97. The highest BCUT2D eigenvalue weighted by Gasteiger charge is 2.22. The Bertz CT molecular complexity index is 979. The average Bonchev–Trinajstić information content (AvgIpc) is 3.14. The molecule has 0 N–H and O–H groups in total. The Kier molecular flexibility index (Phi) is 4.59. The van der Waals surface area contributed by atoms with E-state index in [-0.39, 0.29) is 11.7 Å². The molecule has 0 amide bonds. The van der Waals surface area contributed by atoms with Crippen LogP contribution in [0, 0.1) is 23.1 Å². The van der Waals surface area contributed by atoms with Gasteiger partial charge in [-0.2, -0.15) is 10.4 Å². The highest BCUT2D eigenvalue weighted by Crippen LogP contribution is 2.34. The molecule has 0 spiro atoms. The van der Waals surface area contributed by atoms with Gasteiger partial charge in [0.2, 0.25) is 0 Å². The highest BCUT2D eigenvalue weighted by atomic mass is 19.1. The molecule has 0 bridgehead atoms. The van der Waals surface area contributed by atoms with Crippen LogP contribution in [0.2, 0.25) is 0 Å². The van der Waals surface area contributed by atoms with Gasteiger partial charge in [-0.25, -0.2) is 4.39 Å². The van der Waals surface area contributed by atoms with Gasteiger partial charge in [0.1, 0.15) is 5.82 Å². The van der Waals surface area contributed by atoms with Crippen molar-refractivity contribution in [3.05, 3.63) is 54.6 Å². The van der Waals surface area contributed by atoms with Crippen LogP contribution < -0.4 is 4.90 Å². The van der Waals surface area contributed by atoms with E-state index < -0.39 is 0 Å². The Balaban J connectivity index is 1.75. The van der Waals surface area contributed by atoms with Crippen LogP contribution in [0.3, 0.4) is 0 Å². The van der Waals surface area contributed by atoms with Crippen molar-refractivity contribution in [3.8, 4) is 28.6 Å². The van der Waals surface area contributed by atoms with E-state index in [1.54, 1.807) is 16.8 Å². The lowest BCUT2D eigenvalue weighted by molar-refractivity contribution is 0.487. The summed E-state index contributed by atoms with van der Waals surface area (Å²) in [6, 6.07) is 12.7. The van der Waals surface area contributed by atoms with Crippen molar-refractivity contribution < 1.29 is 4.39 Å². The fraction of sp³-hybridized carbons (Fsp3) is 0.286. The van der Waals surface area contributed by atoms with Crippen LogP contribution >= 0.6 is 0 Å². The molecular formula is C21H20FN5. The molecule has 27 heavy (non-hydrogen) atoms. The van der Waals surface area contributed by atoms with E-state index in [1.165, 1.54) is 12.1 Å². The van der Waals surface area contributed by atoms with Crippen molar-refractivity contribution in [2.24, 2.45) is 13.0 Å². The monoisotopic (exact) mass is 361 g/mol. The van der Waals surface area contributed by atoms with Crippen molar-refractivity contribution >= 4 is 5.69 Å².